The van der Waals surface area contributed by atoms with Gasteiger partial charge in [0.05, 0.1) is 0 Å². The molecule has 2 nitrogen and oxygen atoms in total. The number of hydrogen-bond acceptors (Lipinski definition) is 2. The van der Waals surface area contributed by atoms with E-state index in [9.17, 15) is 5.11 Å². The summed E-state index contributed by atoms with van der Waals surface area (Å²) in [6.45, 7) is 6.08. The van der Waals surface area contributed by atoms with Gasteiger partial charge in [0, 0.05) is 0 Å². The van der Waals surface area contributed by atoms with E-state index in [1.807, 2.05) is 26.0 Å². The molecule has 1 heterocycles. The van der Waals surface area contributed by atoms with Gasteiger partial charge in [0.15, 0.2) is 0 Å². The van der Waals surface area contributed by atoms with Gasteiger partial charge in [-0.05, 0) is 49.2 Å². The summed E-state index contributed by atoms with van der Waals surface area (Å²) in [7, 11) is 0. The molecule has 2 rings (SSSR count). The number of benzene rings is 1. The molecule has 0 saturated heterocycles. The van der Waals surface area contributed by atoms with Crippen molar-refractivity contribution in [2.24, 2.45) is 0 Å². The molecule has 0 fully saturated rings. The van der Waals surface area contributed by atoms with Gasteiger partial charge in [-0.3, -0.25) is 0 Å². The van der Waals surface area contributed by atoms with Crippen molar-refractivity contribution >= 4 is 0 Å². The Bertz CT molecular complexity index is 284. The zero-order valence-electron chi connectivity index (χ0n) is 9.01. The maximum atomic E-state index is 9.26. The second-order valence-corrected chi connectivity index (χ2v) is 3.20. The minimum absolute atomic E-state index is 0.385. The van der Waals surface area contributed by atoms with Crippen LogP contribution in [0.4, 0.5) is 0 Å². The fraction of sp³-hybridized carbons (Fsp3) is 0.500. The Morgan fingerprint density at radius 3 is 2.43 bits per heavy atom. The summed E-state index contributed by atoms with van der Waals surface area (Å²) >= 11 is 0. The van der Waals surface area contributed by atoms with Crippen LogP contribution in [0.3, 0.4) is 0 Å². The Hall–Kier alpha value is -1.02. The van der Waals surface area contributed by atoms with Crippen LogP contribution >= 0.6 is 0 Å². The van der Waals surface area contributed by atoms with E-state index in [0.29, 0.717) is 5.75 Å². The molecule has 0 unspecified atom stereocenters. The molecule has 0 saturated carbocycles. The molecule has 1 aliphatic heterocycles. The summed E-state index contributed by atoms with van der Waals surface area (Å²) in [4.78, 5) is 0. The first-order valence-electron chi connectivity index (χ1n) is 5.38. The Balaban J connectivity index is 0.000000461. The molecular formula is C12H19NO. The highest BCUT2D eigenvalue weighted by molar-refractivity contribution is 5.35. The second kappa shape index (κ2) is 5.66. The van der Waals surface area contributed by atoms with E-state index >= 15 is 0 Å². The maximum absolute atomic E-state index is 9.26. The number of hydrogen-bond donors (Lipinski definition) is 2. The van der Waals surface area contributed by atoms with Crippen LogP contribution in [0.25, 0.3) is 0 Å². The van der Waals surface area contributed by atoms with Crippen LogP contribution in [-0.4, -0.2) is 18.2 Å². The van der Waals surface area contributed by atoms with Gasteiger partial charge < -0.3 is 10.4 Å². The lowest BCUT2D eigenvalue weighted by atomic mass is 10.0. The topological polar surface area (TPSA) is 32.3 Å². The van der Waals surface area contributed by atoms with Crippen LogP contribution in [0.5, 0.6) is 5.75 Å². The highest BCUT2D eigenvalue weighted by Crippen LogP contribution is 2.18. The molecule has 0 radical (unpaired) electrons. The first-order valence-corrected chi connectivity index (χ1v) is 5.38. The monoisotopic (exact) mass is 193 g/mol. The summed E-state index contributed by atoms with van der Waals surface area (Å²) in [5.41, 5.74) is 2.66. The number of nitrogens with one attached hydrogen (secondary N) is 1. The zero-order chi connectivity index (χ0) is 10.4. The molecule has 1 aliphatic rings. The fourth-order valence-corrected chi connectivity index (χ4v) is 1.66. The standard InChI is InChI=1S/C10H13NO.C2H6/c12-10-2-1-8-3-5-11-6-4-9(8)7-10;1-2/h1-2,7,11-12H,3-6H2;1-2H3. The van der Waals surface area contributed by atoms with Crippen LogP contribution < -0.4 is 5.32 Å². The molecule has 2 N–H and O–H groups in total. The van der Waals surface area contributed by atoms with E-state index in [-0.39, 0.29) is 0 Å². The average Bonchev–Trinajstić information content (AvgIpc) is 2.45. The third-order valence-corrected chi connectivity index (χ3v) is 2.33. The summed E-state index contributed by atoms with van der Waals surface area (Å²) in [5.74, 6) is 0.385. The maximum Gasteiger partial charge on any atom is 0.115 e. The van der Waals surface area contributed by atoms with Gasteiger partial charge in [0.2, 0.25) is 0 Å². The molecule has 78 valence electrons. The van der Waals surface area contributed by atoms with E-state index in [1.165, 1.54) is 11.1 Å². The lowest BCUT2D eigenvalue weighted by molar-refractivity contribution is 0.474. The van der Waals surface area contributed by atoms with Crippen LogP contribution in [0.15, 0.2) is 18.2 Å². The number of aromatic hydroxyl groups is 1. The van der Waals surface area contributed by atoms with Gasteiger partial charge in [-0.1, -0.05) is 19.9 Å². The van der Waals surface area contributed by atoms with Crippen molar-refractivity contribution in [1.29, 1.82) is 0 Å². The Labute approximate surface area is 86.0 Å². The quantitative estimate of drug-likeness (QED) is 0.661. The summed E-state index contributed by atoms with van der Waals surface area (Å²) in [6.07, 6.45) is 2.11. The molecule has 0 amide bonds. The van der Waals surface area contributed by atoms with Crippen molar-refractivity contribution in [3.63, 3.8) is 0 Å². The minimum atomic E-state index is 0.385. The highest BCUT2D eigenvalue weighted by Gasteiger charge is 2.06. The molecule has 2 heteroatoms. The highest BCUT2D eigenvalue weighted by atomic mass is 16.3. The van der Waals surface area contributed by atoms with E-state index in [4.69, 9.17) is 0 Å². The molecule has 0 aliphatic carbocycles. The van der Waals surface area contributed by atoms with Gasteiger partial charge >= 0.3 is 0 Å². The van der Waals surface area contributed by atoms with E-state index < -0.39 is 0 Å². The molecule has 14 heavy (non-hydrogen) atoms. The van der Waals surface area contributed by atoms with Gasteiger partial charge in [-0.15, -0.1) is 0 Å². The minimum Gasteiger partial charge on any atom is -0.508 e. The van der Waals surface area contributed by atoms with Crippen molar-refractivity contribution in [2.75, 3.05) is 13.1 Å². The van der Waals surface area contributed by atoms with E-state index in [1.54, 1.807) is 6.07 Å². The van der Waals surface area contributed by atoms with Crippen LogP contribution in [-0.2, 0) is 12.8 Å². The lowest BCUT2D eigenvalue weighted by Gasteiger charge is -2.04. The number of phenols is 1. The van der Waals surface area contributed by atoms with E-state index in [0.717, 1.165) is 25.9 Å². The van der Waals surface area contributed by atoms with Crippen molar-refractivity contribution in [3.05, 3.63) is 29.3 Å². The number of rotatable bonds is 0. The van der Waals surface area contributed by atoms with Crippen molar-refractivity contribution in [3.8, 4) is 5.75 Å². The smallest absolute Gasteiger partial charge is 0.115 e. The lowest BCUT2D eigenvalue weighted by Crippen LogP contribution is -2.16. The summed E-state index contributed by atoms with van der Waals surface area (Å²) in [5, 5.41) is 12.6. The molecular weight excluding hydrogens is 174 g/mol. The average molecular weight is 193 g/mol. The molecule has 1 aromatic carbocycles. The molecule has 0 aromatic heterocycles. The third kappa shape index (κ3) is 2.74. The van der Waals surface area contributed by atoms with Gasteiger partial charge in [-0.25, -0.2) is 0 Å². The predicted octanol–water partition coefficient (Wildman–Crippen LogP) is 2.11. The SMILES string of the molecule is CC.Oc1ccc2c(c1)CCNCC2. The first kappa shape index (κ1) is 11.1. The van der Waals surface area contributed by atoms with Gasteiger partial charge in [0.25, 0.3) is 0 Å². The number of phenolic OH excluding ortho intramolecular Hbond substituents is 1. The van der Waals surface area contributed by atoms with Crippen LogP contribution in [0, 0.1) is 0 Å². The first-order chi connectivity index (χ1) is 6.86. The van der Waals surface area contributed by atoms with Crippen molar-refractivity contribution in [1.82, 2.24) is 5.32 Å². The summed E-state index contributed by atoms with van der Waals surface area (Å²) < 4.78 is 0. The van der Waals surface area contributed by atoms with Gasteiger partial charge in [0.1, 0.15) is 5.75 Å². The van der Waals surface area contributed by atoms with Crippen LogP contribution in [0.1, 0.15) is 25.0 Å². The Morgan fingerprint density at radius 1 is 1.07 bits per heavy atom. The third-order valence-electron chi connectivity index (χ3n) is 2.33. The zero-order valence-corrected chi connectivity index (χ0v) is 9.01. The van der Waals surface area contributed by atoms with Crippen molar-refractivity contribution in [2.45, 2.75) is 26.7 Å². The van der Waals surface area contributed by atoms with E-state index in [2.05, 4.69) is 5.32 Å². The van der Waals surface area contributed by atoms with Crippen LogP contribution in [0.2, 0.25) is 0 Å². The Kier molecular flexibility index (Phi) is 4.47. The molecule has 0 bridgehead atoms. The number of fused-ring (bicyclic) bond motifs is 1. The van der Waals surface area contributed by atoms with Gasteiger partial charge in [-0.2, -0.15) is 0 Å². The predicted molar refractivity (Wildman–Crippen MR) is 59.7 cm³/mol. The normalized spacial score (nSPS) is 14.7. The molecule has 1 aromatic rings. The Morgan fingerprint density at radius 2 is 1.71 bits per heavy atom. The second-order valence-electron chi connectivity index (χ2n) is 3.20. The largest absolute Gasteiger partial charge is 0.508 e. The summed E-state index contributed by atoms with van der Waals surface area (Å²) in [6, 6.07) is 5.67. The van der Waals surface area contributed by atoms with Crippen molar-refractivity contribution < 1.29 is 5.11 Å². The molecule has 0 spiro atoms. The molecule has 0 atom stereocenters. The fourth-order valence-electron chi connectivity index (χ4n) is 1.66.